The Hall–Kier alpha value is -1.46. The molecule has 0 aromatic heterocycles. The van der Waals surface area contributed by atoms with Gasteiger partial charge in [-0.25, -0.2) is 0 Å². The van der Waals surface area contributed by atoms with Crippen molar-refractivity contribution in [3.63, 3.8) is 0 Å². The zero-order valence-corrected chi connectivity index (χ0v) is 9.67. The molecule has 0 aliphatic heterocycles. The van der Waals surface area contributed by atoms with E-state index in [0.717, 1.165) is 18.5 Å². The van der Waals surface area contributed by atoms with Crippen LogP contribution in [0.2, 0.25) is 5.02 Å². The van der Waals surface area contributed by atoms with Crippen LogP contribution in [0.15, 0.2) is 30.4 Å². The largest absolute Gasteiger partial charge is 0.378 e. The van der Waals surface area contributed by atoms with Crippen LogP contribution in [0.3, 0.4) is 0 Å². The third kappa shape index (κ3) is 2.56. The Morgan fingerprint density at radius 2 is 2.31 bits per heavy atom. The quantitative estimate of drug-likeness (QED) is 0.789. The number of allylic oxidation sites excluding steroid dienone is 1. The highest BCUT2D eigenvalue weighted by molar-refractivity contribution is 6.33. The summed E-state index contributed by atoms with van der Waals surface area (Å²) in [4.78, 5) is 0. The molecule has 0 bridgehead atoms. The molecule has 0 spiro atoms. The van der Waals surface area contributed by atoms with Crippen molar-refractivity contribution in [2.45, 2.75) is 25.3 Å². The molecular formula is C13H13ClN2. The van der Waals surface area contributed by atoms with Crippen LogP contribution in [-0.4, -0.2) is 6.04 Å². The van der Waals surface area contributed by atoms with Crippen molar-refractivity contribution in [3.05, 3.63) is 40.9 Å². The molecule has 16 heavy (non-hydrogen) atoms. The Bertz CT molecular complexity index is 446. The highest BCUT2D eigenvalue weighted by Gasteiger charge is 2.10. The molecule has 2 nitrogen and oxygen atoms in total. The average Bonchev–Trinajstić information content (AvgIpc) is 2.33. The van der Waals surface area contributed by atoms with E-state index in [1.165, 1.54) is 6.42 Å². The van der Waals surface area contributed by atoms with Gasteiger partial charge in [-0.3, -0.25) is 0 Å². The predicted molar refractivity (Wildman–Crippen MR) is 66.6 cm³/mol. The first-order valence-electron chi connectivity index (χ1n) is 5.42. The molecule has 1 aromatic rings. The summed E-state index contributed by atoms with van der Waals surface area (Å²) in [7, 11) is 0. The molecule has 0 radical (unpaired) electrons. The van der Waals surface area contributed by atoms with Crippen LogP contribution >= 0.6 is 11.6 Å². The van der Waals surface area contributed by atoms with E-state index in [1.807, 2.05) is 0 Å². The zero-order chi connectivity index (χ0) is 11.4. The van der Waals surface area contributed by atoms with Gasteiger partial charge < -0.3 is 5.32 Å². The fourth-order valence-corrected chi connectivity index (χ4v) is 2.01. The molecule has 1 atom stereocenters. The van der Waals surface area contributed by atoms with Crippen LogP contribution in [0.1, 0.15) is 24.8 Å². The molecule has 1 unspecified atom stereocenters. The number of nitrogens with zero attached hydrogens (tertiary/aromatic N) is 1. The van der Waals surface area contributed by atoms with Crippen molar-refractivity contribution < 1.29 is 0 Å². The van der Waals surface area contributed by atoms with Gasteiger partial charge in [-0.2, -0.15) is 5.26 Å². The van der Waals surface area contributed by atoms with Gasteiger partial charge in [0.1, 0.15) is 0 Å². The second-order valence-electron chi connectivity index (χ2n) is 3.92. The van der Waals surface area contributed by atoms with Gasteiger partial charge in [0.2, 0.25) is 0 Å². The fraction of sp³-hybridized carbons (Fsp3) is 0.308. The first kappa shape index (κ1) is 11.0. The number of rotatable bonds is 2. The molecule has 0 amide bonds. The smallest absolute Gasteiger partial charge is 0.0992 e. The third-order valence-electron chi connectivity index (χ3n) is 2.69. The van der Waals surface area contributed by atoms with Gasteiger partial charge in [0.05, 0.1) is 22.3 Å². The van der Waals surface area contributed by atoms with E-state index in [4.69, 9.17) is 16.9 Å². The normalized spacial score (nSPS) is 19.1. The first-order chi connectivity index (χ1) is 7.79. The molecule has 3 heteroatoms. The lowest BCUT2D eigenvalue weighted by atomic mass is 10.0. The lowest BCUT2D eigenvalue weighted by Crippen LogP contribution is -2.18. The van der Waals surface area contributed by atoms with Gasteiger partial charge in [-0.15, -0.1) is 0 Å². The maximum absolute atomic E-state index is 8.82. The van der Waals surface area contributed by atoms with Gasteiger partial charge in [-0.05, 0) is 37.5 Å². The van der Waals surface area contributed by atoms with Crippen molar-refractivity contribution in [3.8, 4) is 6.07 Å². The van der Waals surface area contributed by atoms with E-state index in [0.29, 0.717) is 16.6 Å². The molecule has 0 fully saturated rings. The number of nitriles is 1. The number of hydrogen-bond acceptors (Lipinski definition) is 2. The Labute approximate surface area is 101 Å². The summed E-state index contributed by atoms with van der Waals surface area (Å²) < 4.78 is 0. The van der Waals surface area contributed by atoms with Crippen molar-refractivity contribution >= 4 is 17.3 Å². The van der Waals surface area contributed by atoms with Crippen LogP contribution in [0, 0.1) is 11.3 Å². The van der Waals surface area contributed by atoms with Gasteiger partial charge in [0.25, 0.3) is 0 Å². The topological polar surface area (TPSA) is 35.8 Å². The number of benzene rings is 1. The molecule has 0 saturated heterocycles. The van der Waals surface area contributed by atoms with Gasteiger partial charge in [-0.1, -0.05) is 23.8 Å². The third-order valence-corrected chi connectivity index (χ3v) is 3.02. The molecule has 0 saturated carbocycles. The second-order valence-corrected chi connectivity index (χ2v) is 4.32. The summed E-state index contributed by atoms with van der Waals surface area (Å²) in [5.74, 6) is 0. The SMILES string of the molecule is N#Cc1ccc(Cl)c(NC2C=CCCC2)c1. The van der Waals surface area contributed by atoms with Gasteiger partial charge in [0, 0.05) is 6.04 Å². The van der Waals surface area contributed by atoms with E-state index in [-0.39, 0.29) is 0 Å². The minimum Gasteiger partial charge on any atom is -0.378 e. The maximum atomic E-state index is 8.82. The summed E-state index contributed by atoms with van der Waals surface area (Å²) in [5.41, 5.74) is 1.48. The fourth-order valence-electron chi connectivity index (χ4n) is 1.84. The van der Waals surface area contributed by atoms with Crippen molar-refractivity contribution in [1.82, 2.24) is 0 Å². The number of hydrogen-bond donors (Lipinski definition) is 1. The summed E-state index contributed by atoms with van der Waals surface area (Å²) in [6.07, 6.45) is 7.82. The summed E-state index contributed by atoms with van der Waals surface area (Å²) in [6, 6.07) is 7.73. The average molecular weight is 233 g/mol. The standard InChI is InChI=1S/C13H13ClN2/c14-12-7-6-10(9-15)8-13(12)16-11-4-2-1-3-5-11/h2,4,6-8,11,16H,1,3,5H2. The lowest BCUT2D eigenvalue weighted by Gasteiger charge is -2.20. The van der Waals surface area contributed by atoms with Crippen LogP contribution in [0.25, 0.3) is 0 Å². The van der Waals surface area contributed by atoms with Crippen molar-refractivity contribution in [2.75, 3.05) is 5.32 Å². The van der Waals surface area contributed by atoms with Crippen LogP contribution < -0.4 is 5.32 Å². The number of anilines is 1. The van der Waals surface area contributed by atoms with E-state index in [1.54, 1.807) is 18.2 Å². The highest BCUT2D eigenvalue weighted by atomic mass is 35.5. The molecule has 1 aliphatic carbocycles. The van der Waals surface area contributed by atoms with Crippen molar-refractivity contribution in [2.24, 2.45) is 0 Å². The molecule has 82 valence electrons. The lowest BCUT2D eigenvalue weighted by molar-refractivity contribution is 0.674. The second kappa shape index (κ2) is 5.05. The molecule has 1 aliphatic rings. The van der Waals surface area contributed by atoms with Gasteiger partial charge in [0.15, 0.2) is 0 Å². The van der Waals surface area contributed by atoms with Crippen LogP contribution in [-0.2, 0) is 0 Å². The summed E-state index contributed by atoms with van der Waals surface area (Å²) in [6.45, 7) is 0. The zero-order valence-electron chi connectivity index (χ0n) is 8.91. The Morgan fingerprint density at radius 3 is 3.00 bits per heavy atom. The Balaban J connectivity index is 2.17. The molecule has 2 rings (SSSR count). The monoisotopic (exact) mass is 232 g/mol. The summed E-state index contributed by atoms with van der Waals surface area (Å²) >= 11 is 6.08. The van der Waals surface area contributed by atoms with Gasteiger partial charge >= 0.3 is 0 Å². The van der Waals surface area contributed by atoms with Crippen LogP contribution in [0.4, 0.5) is 5.69 Å². The Morgan fingerprint density at radius 1 is 1.44 bits per heavy atom. The van der Waals surface area contributed by atoms with Crippen molar-refractivity contribution in [1.29, 1.82) is 5.26 Å². The van der Waals surface area contributed by atoms with E-state index in [2.05, 4.69) is 23.5 Å². The molecule has 1 N–H and O–H groups in total. The van der Waals surface area contributed by atoms with Crippen LogP contribution in [0.5, 0.6) is 0 Å². The Kier molecular flexibility index (Phi) is 3.48. The number of halogens is 1. The van der Waals surface area contributed by atoms with E-state index < -0.39 is 0 Å². The summed E-state index contributed by atoms with van der Waals surface area (Å²) in [5, 5.41) is 12.8. The minimum atomic E-state index is 0.334. The highest BCUT2D eigenvalue weighted by Crippen LogP contribution is 2.25. The van der Waals surface area contributed by atoms with E-state index >= 15 is 0 Å². The first-order valence-corrected chi connectivity index (χ1v) is 5.80. The van der Waals surface area contributed by atoms with E-state index in [9.17, 15) is 0 Å². The maximum Gasteiger partial charge on any atom is 0.0992 e. The number of nitrogens with one attached hydrogen (secondary N) is 1. The molecule has 0 heterocycles. The molecular weight excluding hydrogens is 220 g/mol. The minimum absolute atomic E-state index is 0.334. The predicted octanol–water partition coefficient (Wildman–Crippen LogP) is 3.73. The molecule has 1 aromatic carbocycles.